The van der Waals surface area contributed by atoms with Crippen molar-refractivity contribution < 1.29 is 9.47 Å². The summed E-state index contributed by atoms with van der Waals surface area (Å²) < 4.78 is 10.6. The van der Waals surface area contributed by atoms with Crippen molar-refractivity contribution in [1.82, 2.24) is 15.6 Å². The molecule has 0 aliphatic rings. The van der Waals surface area contributed by atoms with Gasteiger partial charge in [0, 0.05) is 32.1 Å². The predicted molar refractivity (Wildman–Crippen MR) is 118 cm³/mol. The maximum Gasteiger partial charge on any atom is 0.191 e. The normalized spacial score (nSPS) is 11.2. The van der Waals surface area contributed by atoms with Crippen LogP contribution in [0.25, 0.3) is 10.9 Å². The lowest BCUT2D eigenvalue weighted by Crippen LogP contribution is -2.39. The van der Waals surface area contributed by atoms with Crippen LogP contribution in [0.2, 0.25) is 0 Å². The molecule has 7 nitrogen and oxygen atoms in total. The number of benzene rings is 2. The number of nitrogens with zero attached hydrogens (tertiary/aromatic N) is 2. The van der Waals surface area contributed by atoms with E-state index in [9.17, 15) is 0 Å². The highest BCUT2D eigenvalue weighted by Gasteiger charge is 2.05. The minimum absolute atomic E-state index is 0.625. The Bertz CT molecular complexity index is 974. The predicted octanol–water partition coefficient (Wildman–Crippen LogP) is 3.03. The number of rotatable bonds is 8. The molecule has 0 amide bonds. The zero-order valence-electron chi connectivity index (χ0n) is 17.0. The molecule has 0 saturated carbocycles. The number of para-hydroxylation sites is 1. The van der Waals surface area contributed by atoms with Crippen molar-refractivity contribution in [3.05, 3.63) is 60.2 Å². The summed E-state index contributed by atoms with van der Waals surface area (Å²) in [7, 11) is 5.01. The van der Waals surface area contributed by atoms with E-state index in [0.29, 0.717) is 24.6 Å². The molecule has 0 bridgehead atoms. The van der Waals surface area contributed by atoms with Crippen LogP contribution in [0.4, 0.5) is 5.82 Å². The number of anilines is 1. The van der Waals surface area contributed by atoms with Gasteiger partial charge in [-0.15, -0.1) is 0 Å². The molecule has 0 unspecified atom stereocenters. The summed E-state index contributed by atoms with van der Waals surface area (Å²) in [4.78, 5) is 8.87. The molecule has 0 radical (unpaired) electrons. The molecule has 0 aliphatic heterocycles. The van der Waals surface area contributed by atoms with Crippen molar-refractivity contribution in [2.45, 2.75) is 6.54 Å². The second kappa shape index (κ2) is 10.2. The first-order chi connectivity index (χ1) is 14.2. The van der Waals surface area contributed by atoms with Crippen molar-refractivity contribution >= 4 is 22.7 Å². The van der Waals surface area contributed by atoms with Gasteiger partial charge in [0.1, 0.15) is 5.82 Å². The minimum atomic E-state index is 0.625. The Morgan fingerprint density at radius 3 is 2.55 bits per heavy atom. The van der Waals surface area contributed by atoms with Gasteiger partial charge in [-0.1, -0.05) is 24.3 Å². The van der Waals surface area contributed by atoms with Crippen molar-refractivity contribution in [1.29, 1.82) is 0 Å². The molecule has 3 N–H and O–H groups in total. The van der Waals surface area contributed by atoms with Crippen molar-refractivity contribution in [2.24, 2.45) is 4.99 Å². The standard InChI is InChI=1S/C22H27N5O2/c1-23-22(26-15-16-8-10-19(28-2)20(14-16)29-3)25-13-12-24-21-11-9-17-6-4-5-7-18(17)27-21/h4-11,14H,12-13,15H2,1-3H3,(H,24,27)(H2,23,25,26). The summed E-state index contributed by atoms with van der Waals surface area (Å²) in [5, 5.41) is 11.1. The van der Waals surface area contributed by atoms with Crippen molar-refractivity contribution in [3.8, 4) is 11.5 Å². The van der Waals surface area contributed by atoms with Crippen LogP contribution in [0.15, 0.2) is 59.6 Å². The monoisotopic (exact) mass is 393 g/mol. The van der Waals surface area contributed by atoms with Gasteiger partial charge < -0.3 is 25.4 Å². The Hall–Kier alpha value is -3.48. The van der Waals surface area contributed by atoms with Crippen LogP contribution >= 0.6 is 0 Å². The van der Waals surface area contributed by atoms with Gasteiger partial charge in [-0.3, -0.25) is 4.99 Å². The van der Waals surface area contributed by atoms with E-state index in [4.69, 9.17) is 9.47 Å². The van der Waals surface area contributed by atoms with Crippen LogP contribution in [-0.2, 0) is 6.54 Å². The average molecular weight is 393 g/mol. The van der Waals surface area contributed by atoms with Gasteiger partial charge in [0.05, 0.1) is 19.7 Å². The summed E-state index contributed by atoms with van der Waals surface area (Å²) >= 11 is 0. The fourth-order valence-electron chi connectivity index (χ4n) is 2.93. The lowest BCUT2D eigenvalue weighted by Gasteiger charge is -2.14. The molecule has 152 valence electrons. The summed E-state index contributed by atoms with van der Waals surface area (Å²) in [6.07, 6.45) is 0. The fourth-order valence-corrected chi connectivity index (χ4v) is 2.93. The second-order valence-corrected chi connectivity index (χ2v) is 6.36. The Labute approximate surface area is 171 Å². The van der Waals surface area contributed by atoms with Gasteiger partial charge in [-0.05, 0) is 35.9 Å². The van der Waals surface area contributed by atoms with Gasteiger partial charge in [0.15, 0.2) is 17.5 Å². The number of pyridine rings is 1. The van der Waals surface area contributed by atoms with Gasteiger partial charge in [-0.25, -0.2) is 4.98 Å². The minimum Gasteiger partial charge on any atom is -0.493 e. The number of aliphatic imine (C=N–C) groups is 1. The van der Waals surface area contributed by atoms with Gasteiger partial charge in [0.2, 0.25) is 0 Å². The highest BCUT2D eigenvalue weighted by molar-refractivity contribution is 5.80. The molecule has 0 fully saturated rings. The Balaban J connectivity index is 1.45. The third-order valence-corrected chi connectivity index (χ3v) is 4.45. The SMILES string of the molecule is CN=C(NCCNc1ccc2ccccc2n1)NCc1ccc(OC)c(OC)c1. The van der Waals surface area contributed by atoms with E-state index in [1.807, 2.05) is 42.5 Å². The number of aromatic nitrogens is 1. The molecule has 0 aliphatic carbocycles. The van der Waals surface area contributed by atoms with E-state index in [2.05, 4.69) is 38.1 Å². The molecular formula is C22H27N5O2. The first kappa shape index (κ1) is 20.3. The smallest absolute Gasteiger partial charge is 0.191 e. The molecule has 3 rings (SSSR count). The first-order valence-electron chi connectivity index (χ1n) is 9.48. The number of methoxy groups -OCH3 is 2. The van der Waals surface area contributed by atoms with Crippen LogP contribution in [-0.4, -0.2) is 45.3 Å². The van der Waals surface area contributed by atoms with Crippen LogP contribution in [0.3, 0.4) is 0 Å². The third-order valence-electron chi connectivity index (χ3n) is 4.45. The second-order valence-electron chi connectivity index (χ2n) is 6.36. The summed E-state index contributed by atoms with van der Waals surface area (Å²) in [6.45, 7) is 2.06. The summed E-state index contributed by atoms with van der Waals surface area (Å²) in [6, 6.07) is 18.0. The van der Waals surface area contributed by atoms with Gasteiger partial charge in [0.25, 0.3) is 0 Å². The van der Waals surface area contributed by atoms with E-state index in [-0.39, 0.29) is 0 Å². The van der Waals surface area contributed by atoms with Crippen LogP contribution in [0.1, 0.15) is 5.56 Å². The molecule has 2 aromatic carbocycles. The number of fused-ring (bicyclic) bond motifs is 1. The molecule has 29 heavy (non-hydrogen) atoms. The molecule has 0 spiro atoms. The number of hydrogen-bond donors (Lipinski definition) is 3. The highest BCUT2D eigenvalue weighted by atomic mass is 16.5. The van der Waals surface area contributed by atoms with E-state index in [0.717, 1.165) is 34.8 Å². The maximum atomic E-state index is 5.35. The Morgan fingerprint density at radius 1 is 0.931 bits per heavy atom. The van der Waals surface area contributed by atoms with Crippen LogP contribution in [0, 0.1) is 0 Å². The van der Waals surface area contributed by atoms with Crippen LogP contribution < -0.4 is 25.4 Å². The van der Waals surface area contributed by atoms with Gasteiger partial charge in [-0.2, -0.15) is 0 Å². The molecule has 0 atom stereocenters. The zero-order valence-corrected chi connectivity index (χ0v) is 17.0. The first-order valence-corrected chi connectivity index (χ1v) is 9.48. The van der Waals surface area contributed by atoms with Crippen molar-refractivity contribution in [3.63, 3.8) is 0 Å². The fraction of sp³-hybridized carbons (Fsp3) is 0.273. The highest BCUT2D eigenvalue weighted by Crippen LogP contribution is 2.27. The van der Waals surface area contributed by atoms with E-state index < -0.39 is 0 Å². The van der Waals surface area contributed by atoms with E-state index >= 15 is 0 Å². The van der Waals surface area contributed by atoms with E-state index in [1.165, 1.54) is 0 Å². The molecule has 7 heteroatoms. The average Bonchev–Trinajstić information content (AvgIpc) is 2.78. The number of guanidine groups is 1. The topological polar surface area (TPSA) is 79.8 Å². The van der Waals surface area contributed by atoms with Crippen molar-refractivity contribution in [2.75, 3.05) is 39.7 Å². The largest absolute Gasteiger partial charge is 0.493 e. The number of nitrogens with one attached hydrogen (secondary N) is 3. The molecule has 3 aromatic rings. The molecule has 1 aromatic heterocycles. The third kappa shape index (κ3) is 5.51. The van der Waals surface area contributed by atoms with E-state index in [1.54, 1.807) is 21.3 Å². The number of ether oxygens (including phenoxy) is 2. The Morgan fingerprint density at radius 2 is 1.76 bits per heavy atom. The lowest BCUT2D eigenvalue weighted by atomic mass is 10.2. The molecule has 0 saturated heterocycles. The summed E-state index contributed by atoms with van der Waals surface area (Å²) in [5.74, 6) is 3.01. The van der Waals surface area contributed by atoms with Crippen LogP contribution in [0.5, 0.6) is 11.5 Å². The number of hydrogen-bond acceptors (Lipinski definition) is 5. The Kier molecular flexibility index (Phi) is 7.10. The zero-order chi connectivity index (χ0) is 20.5. The van der Waals surface area contributed by atoms with Gasteiger partial charge >= 0.3 is 0 Å². The molecule has 1 heterocycles. The maximum absolute atomic E-state index is 5.35. The lowest BCUT2D eigenvalue weighted by molar-refractivity contribution is 0.354. The molecular weight excluding hydrogens is 366 g/mol. The quantitative estimate of drug-likeness (QED) is 0.310. The summed E-state index contributed by atoms with van der Waals surface area (Å²) in [5.41, 5.74) is 2.06.